The summed E-state index contributed by atoms with van der Waals surface area (Å²) in [5.41, 5.74) is 0. The Hall–Kier alpha value is -0.0900. The maximum atomic E-state index is 11.7. The Bertz CT molecular complexity index is 235. The molecule has 0 bridgehead atoms. The second-order valence-electron chi connectivity index (χ2n) is 4.21. The van der Waals surface area contributed by atoms with E-state index in [4.69, 9.17) is 12.2 Å². The summed E-state index contributed by atoms with van der Waals surface area (Å²) in [7, 11) is 3.88. The van der Waals surface area contributed by atoms with Crippen molar-refractivity contribution in [1.29, 1.82) is 0 Å². The Kier molecular flexibility index (Phi) is 5.61. The van der Waals surface area contributed by atoms with Gasteiger partial charge in [-0.05, 0) is 12.8 Å². The molecule has 4 heteroatoms. The lowest BCUT2D eigenvalue weighted by Crippen LogP contribution is -2.17. The van der Waals surface area contributed by atoms with Gasteiger partial charge < -0.3 is 4.90 Å². The fraction of sp³-hybridized carbons (Fsp3) is 0.818. The maximum Gasteiger partial charge on any atom is 0.136 e. The molecule has 1 saturated carbocycles. The van der Waals surface area contributed by atoms with Crippen molar-refractivity contribution in [3.05, 3.63) is 0 Å². The van der Waals surface area contributed by atoms with Crippen molar-refractivity contribution in [2.75, 3.05) is 19.8 Å². The van der Waals surface area contributed by atoms with Crippen LogP contribution in [-0.4, -0.2) is 34.9 Å². The van der Waals surface area contributed by atoms with Crippen LogP contribution in [0.2, 0.25) is 0 Å². The summed E-state index contributed by atoms with van der Waals surface area (Å²) >= 11 is 6.75. The van der Waals surface area contributed by atoms with Gasteiger partial charge in [0.05, 0.1) is 0 Å². The average molecular weight is 245 g/mol. The summed E-state index contributed by atoms with van der Waals surface area (Å²) in [6, 6.07) is 0. The van der Waals surface area contributed by atoms with Gasteiger partial charge >= 0.3 is 0 Å². The van der Waals surface area contributed by atoms with Gasteiger partial charge in [0.25, 0.3) is 0 Å². The third-order valence-corrected chi connectivity index (χ3v) is 4.49. The summed E-state index contributed by atoms with van der Waals surface area (Å²) < 4.78 is 0.870. The molecule has 0 aromatic carbocycles. The van der Waals surface area contributed by atoms with Gasteiger partial charge in [0.15, 0.2) is 0 Å². The Balaban J connectivity index is 2.14. The molecule has 0 heterocycles. The van der Waals surface area contributed by atoms with Gasteiger partial charge in [-0.2, -0.15) is 0 Å². The van der Waals surface area contributed by atoms with E-state index in [0.717, 1.165) is 22.9 Å². The number of Topliss-reactive ketones (excluding diaryl/α,β-unsaturated/α-hetero) is 1. The minimum Gasteiger partial charge on any atom is -0.364 e. The topological polar surface area (TPSA) is 20.3 Å². The number of carbonyl (C=O) groups is 1. The Morgan fingerprint density at radius 3 is 2.53 bits per heavy atom. The van der Waals surface area contributed by atoms with Gasteiger partial charge in [0.1, 0.15) is 10.1 Å². The van der Waals surface area contributed by atoms with Gasteiger partial charge in [-0.3, -0.25) is 4.79 Å². The van der Waals surface area contributed by atoms with Crippen molar-refractivity contribution in [3.8, 4) is 0 Å². The lowest BCUT2D eigenvalue weighted by Gasteiger charge is -2.13. The molecule has 2 nitrogen and oxygen atoms in total. The molecule has 1 aliphatic rings. The van der Waals surface area contributed by atoms with Crippen LogP contribution in [-0.2, 0) is 4.79 Å². The predicted octanol–water partition coefficient (Wildman–Crippen LogP) is 2.72. The van der Waals surface area contributed by atoms with Gasteiger partial charge in [0, 0.05) is 32.2 Å². The van der Waals surface area contributed by atoms with Crippen LogP contribution in [0.15, 0.2) is 0 Å². The van der Waals surface area contributed by atoms with E-state index in [0.29, 0.717) is 18.1 Å². The number of thiocarbonyl (C=S) groups is 1. The minimum absolute atomic E-state index is 0.360. The van der Waals surface area contributed by atoms with Crippen molar-refractivity contribution in [3.63, 3.8) is 0 Å². The van der Waals surface area contributed by atoms with E-state index < -0.39 is 0 Å². The molecule has 1 aliphatic carbocycles. The van der Waals surface area contributed by atoms with Gasteiger partial charge in [-0.1, -0.05) is 36.8 Å². The van der Waals surface area contributed by atoms with Crippen molar-refractivity contribution in [2.24, 2.45) is 5.92 Å². The zero-order valence-electron chi connectivity index (χ0n) is 9.49. The van der Waals surface area contributed by atoms with E-state index in [1.165, 1.54) is 12.8 Å². The fourth-order valence-electron chi connectivity index (χ4n) is 1.82. The van der Waals surface area contributed by atoms with Gasteiger partial charge in [-0.15, -0.1) is 0 Å². The normalized spacial score (nSPS) is 16.7. The maximum absolute atomic E-state index is 11.7. The van der Waals surface area contributed by atoms with E-state index in [1.807, 2.05) is 19.0 Å². The molecular formula is C11H19NOS2. The lowest BCUT2D eigenvalue weighted by molar-refractivity contribution is -0.122. The second kappa shape index (κ2) is 6.48. The van der Waals surface area contributed by atoms with E-state index >= 15 is 0 Å². The molecule has 0 N–H and O–H groups in total. The van der Waals surface area contributed by atoms with E-state index in [9.17, 15) is 4.79 Å². The molecule has 0 aliphatic heterocycles. The average Bonchev–Trinajstić information content (AvgIpc) is 2.70. The van der Waals surface area contributed by atoms with Crippen molar-refractivity contribution in [1.82, 2.24) is 4.90 Å². The Morgan fingerprint density at radius 2 is 2.00 bits per heavy atom. The first kappa shape index (κ1) is 13.0. The number of ketones is 1. The van der Waals surface area contributed by atoms with Gasteiger partial charge in [0.2, 0.25) is 0 Å². The summed E-state index contributed by atoms with van der Waals surface area (Å²) in [5.74, 6) is 1.65. The lowest BCUT2D eigenvalue weighted by atomic mass is 10.0. The SMILES string of the molecule is CN(C)C(=S)SCCC(=O)C1CCCC1. The summed E-state index contributed by atoms with van der Waals surface area (Å²) in [6.07, 6.45) is 5.38. The number of carbonyl (C=O) groups excluding carboxylic acids is 1. The molecule has 1 rings (SSSR count). The van der Waals surface area contributed by atoms with Crippen LogP contribution in [0.4, 0.5) is 0 Å². The monoisotopic (exact) mass is 245 g/mol. The first-order valence-corrected chi connectivity index (χ1v) is 6.87. The highest BCUT2D eigenvalue weighted by Gasteiger charge is 2.21. The van der Waals surface area contributed by atoms with E-state index in [-0.39, 0.29) is 0 Å². The largest absolute Gasteiger partial charge is 0.364 e. The Labute approximate surface area is 102 Å². The molecule has 86 valence electrons. The molecule has 0 aromatic rings. The van der Waals surface area contributed by atoms with Crippen LogP contribution < -0.4 is 0 Å². The smallest absolute Gasteiger partial charge is 0.136 e. The molecule has 15 heavy (non-hydrogen) atoms. The number of thioether (sulfide) groups is 1. The number of hydrogen-bond acceptors (Lipinski definition) is 3. The van der Waals surface area contributed by atoms with Crippen LogP contribution in [0.3, 0.4) is 0 Å². The molecule has 0 radical (unpaired) electrons. The van der Waals surface area contributed by atoms with Crippen molar-refractivity contribution >= 4 is 34.1 Å². The van der Waals surface area contributed by atoms with Crippen LogP contribution in [0.5, 0.6) is 0 Å². The number of hydrogen-bond donors (Lipinski definition) is 0. The molecule has 0 spiro atoms. The molecule has 0 saturated heterocycles. The molecular weight excluding hydrogens is 226 g/mol. The summed E-state index contributed by atoms with van der Waals surface area (Å²) in [4.78, 5) is 13.6. The zero-order chi connectivity index (χ0) is 11.3. The summed E-state index contributed by atoms with van der Waals surface area (Å²) in [6.45, 7) is 0. The highest BCUT2D eigenvalue weighted by Crippen LogP contribution is 2.26. The van der Waals surface area contributed by atoms with Gasteiger partial charge in [-0.25, -0.2) is 0 Å². The number of rotatable bonds is 4. The molecule has 0 atom stereocenters. The fourth-order valence-corrected chi connectivity index (χ4v) is 2.81. The predicted molar refractivity (Wildman–Crippen MR) is 70.3 cm³/mol. The second-order valence-corrected chi connectivity index (χ2v) is 5.94. The molecule has 1 fully saturated rings. The summed E-state index contributed by atoms with van der Waals surface area (Å²) in [5, 5.41) is 0. The van der Waals surface area contributed by atoms with Crippen LogP contribution >= 0.6 is 24.0 Å². The van der Waals surface area contributed by atoms with Crippen LogP contribution in [0, 0.1) is 5.92 Å². The van der Waals surface area contributed by atoms with E-state index in [1.54, 1.807) is 11.8 Å². The standard InChI is InChI=1S/C11H19NOS2/c1-12(2)11(14)15-8-7-10(13)9-5-3-4-6-9/h9H,3-8H2,1-2H3. The van der Waals surface area contributed by atoms with Crippen molar-refractivity contribution < 1.29 is 4.79 Å². The minimum atomic E-state index is 0.360. The molecule has 0 unspecified atom stereocenters. The molecule has 0 amide bonds. The zero-order valence-corrected chi connectivity index (χ0v) is 11.1. The third-order valence-electron chi connectivity index (χ3n) is 2.75. The Morgan fingerprint density at radius 1 is 1.40 bits per heavy atom. The van der Waals surface area contributed by atoms with Crippen molar-refractivity contribution in [2.45, 2.75) is 32.1 Å². The van der Waals surface area contributed by atoms with Crippen LogP contribution in [0.25, 0.3) is 0 Å². The highest BCUT2D eigenvalue weighted by molar-refractivity contribution is 8.22. The molecule has 0 aromatic heterocycles. The van der Waals surface area contributed by atoms with E-state index in [2.05, 4.69) is 0 Å². The first-order chi connectivity index (χ1) is 7.11. The van der Waals surface area contributed by atoms with Crippen LogP contribution in [0.1, 0.15) is 32.1 Å². The number of nitrogens with zero attached hydrogens (tertiary/aromatic N) is 1. The quantitative estimate of drug-likeness (QED) is 0.709. The highest BCUT2D eigenvalue weighted by atomic mass is 32.2. The first-order valence-electron chi connectivity index (χ1n) is 5.48. The third kappa shape index (κ3) is 4.51.